The number of hydrogen-bond acceptors (Lipinski definition) is 5. The van der Waals surface area contributed by atoms with Gasteiger partial charge in [-0.3, -0.25) is 0 Å². The largest absolute Gasteiger partial charge is 0.476 e. The van der Waals surface area contributed by atoms with E-state index in [1.165, 1.54) is 6.20 Å². The molecule has 0 unspecified atom stereocenters. The van der Waals surface area contributed by atoms with Crippen LogP contribution in [0.5, 0.6) is 0 Å². The molecule has 0 amide bonds. The fourth-order valence-corrected chi connectivity index (χ4v) is 2.14. The summed E-state index contributed by atoms with van der Waals surface area (Å²) in [6, 6.07) is 3.35. The third-order valence-electron chi connectivity index (χ3n) is 2.18. The molecule has 0 saturated heterocycles. The van der Waals surface area contributed by atoms with Crippen molar-refractivity contribution in [3.05, 3.63) is 35.5 Å². The van der Waals surface area contributed by atoms with Crippen LogP contribution in [0.25, 0.3) is 0 Å². The summed E-state index contributed by atoms with van der Waals surface area (Å²) in [5.74, 6) is -0.332. The summed E-state index contributed by atoms with van der Waals surface area (Å²) in [5, 5.41) is 9.40. The zero-order valence-electron chi connectivity index (χ0n) is 9.30. The van der Waals surface area contributed by atoms with Crippen LogP contribution in [0.1, 0.15) is 21.9 Å². The van der Waals surface area contributed by atoms with Crippen molar-refractivity contribution in [1.29, 1.82) is 0 Å². The standard InChI is InChI=1S/C11H10N2O3S/c1-6-7(2)16-11(13-6)17-8-4-3-5-12-9(8)10(14)15/h3-5H,1-2H3,(H,14,15). The lowest BCUT2D eigenvalue weighted by molar-refractivity contribution is 0.0686. The SMILES string of the molecule is Cc1nc(Sc2cccnc2C(=O)O)oc1C. The second-order valence-electron chi connectivity index (χ2n) is 3.38. The smallest absolute Gasteiger partial charge is 0.355 e. The highest BCUT2D eigenvalue weighted by atomic mass is 32.2. The highest BCUT2D eigenvalue weighted by Crippen LogP contribution is 2.29. The maximum absolute atomic E-state index is 11.0. The number of carboxylic acids is 1. The zero-order chi connectivity index (χ0) is 12.4. The lowest BCUT2D eigenvalue weighted by Gasteiger charge is -2.00. The predicted molar refractivity (Wildman–Crippen MR) is 61.3 cm³/mol. The van der Waals surface area contributed by atoms with Crippen LogP contribution in [-0.4, -0.2) is 21.0 Å². The lowest BCUT2D eigenvalue weighted by atomic mass is 10.3. The summed E-state index contributed by atoms with van der Waals surface area (Å²) in [7, 11) is 0. The fourth-order valence-electron chi connectivity index (χ4n) is 1.21. The van der Waals surface area contributed by atoms with Gasteiger partial charge < -0.3 is 9.52 Å². The van der Waals surface area contributed by atoms with Crippen LogP contribution >= 0.6 is 11.8 Å². The number of aromatic nitrogens is 2. The van der Waals surface area contributed by atoms with Gasteiger partial charge in [-0.25, -0.2) is 14.8 Å². The van der Waals surface area contributed by atoms with Crippen molar-refractivity contribution in [2.75, 3.05) is 0 Å². The first-order chi connectivity index (χ1) is 8.08. The van der Waals surface area contributed by atoms with Crippen molar-refractivity contribution in [2.24, 2.45) is 0 Å². The molecule has 0 aliphatic carbocycles. The molecular formula is C11H10N2O3S. The lowest BCUT2D eigenvalue weighted by Crippen LogP contribution is -2.01. The minimum Gasteiger partial charge on any atom is -0.476 e. The number of aromatic carboxylic acids is 1. The molecule has 0 atom stereocenters. The molecule has 1 N–H and O–H groups in total. The second kappa shape index (κ2) is 4.58. The van der Waals surface area contributed by atoms with E-state index in [1.807, 2.05) is 13.8 Å². The molecule has 6 heteroatoms. The van der Waals surface area contributed by atoms with Gasteiger partial charge >= 0.3 is 5.97 Å². The monoisotopic (exact) mass is 250 g/mol. The number of carboxylic acid groups (broad SMARTS) is 1. The summed E-state index contributed by atoms with van der Waals surface area (Å²) in [4.78, 5) is 19.5. The molecule has 17 heavy (non-hydrogen) atoms. The van der Waals surface area contributed by atoms with E-state index in [4.69, 9.17) is 9.52 Å². The number of hydrogen-bond donors (Lipinski definition) is 1. The van der Waals surface area contributed by atoms with Crippen molar-refractivity contribution in [3.8, 4) is 0 Å². The van der Waals surface area contributed by atoms with Gasteiger partial charge in [0.05, 0.1) is 10.6 Å². The van der Waals surface area contributed by atoms with E-state index in [0.717, 1.165) is 23.2 Å². The highest BCUT2D eigenvalue weighted by Gasteiger charge is 2.15. The Morgan fingerprint density at radius 3 is 2.82 bits per heavy atom. The van der Waals surface area contributed by atoms with Crippen LogP contribution in [0.15, 0.2) is 32.9 Å². The summed E-state index contributed by atoms with van der Waals surface area (Å²) < 4.78 is 5.38. The first kappa shape index (κ1) is 11.7. The van der Waals surface area contributed by atoms with Crippen molar-refractivity contribution in [3.63, 3.8) is 0 Å². The maximum Gasteiger partial charge on any atom is 0.355 e. The molecule has 0 radical (unpaired) electrons. The normalized spacial score (nSPS) is 10.5. The summed E-state index contributed by atoms with van der Waals surface area (Å²) >= 11 is 1.16. The quantitative estimate of drug-likeness (QED) is 0.902. The molecule has 2 aromatic rings. The summed E-state index contributed by atoms with van der Waals surface area (Å²) in [5.41, 5.74) is 0.805. The van der Waals surface area contributed by atoms with Crippen LogP contribution in [0.2, 0.25) is 0 Å². The first-order valence-electron chi connectivity index (χ1n) is 4.88. The van der Waals surface area contributed by atoms with Crippen LogP contribution < -0.4 is 0 Å². The Bertz CT molecular complexity index is 546. The zero-order valence-corrected chi connectivity index (χ0v) is 10.1. The third-order valence-corrected chi connectivity index (χ3v) is 3.08. The average Bonchev–Trinajstić information content (AvgIpc) is 2.58. The summed E-state index contributed by atoms with van der Waals surface area (Å²) in [6.07, 6.45) is 1.44. The fraction of sp³-hybridized carbons (Fsp3) is 0.182. The third kappa shape index (κ3) is 2.47. The average molecular weight is 250 g/mol. The Labute approximate surface area is 102 Å². The van der Waals surface area contributed by atoms with Gasteiger partial charge in [-0.05, 0) is 37.7 Å². The maximum atomic E-state index is 11.0. The molecule has 0 bridgehead atoms. The van der Waals surface area contributed by atoms with E-state index in [2.05, 4.69) is 9.97 Å². The molecule has 0 aliphatic heterocycles. The minimum absolute atomic E-state index is 0.00556. The number of aryl methyl sites for hydroxylation is 2. The number of rotatable bonds is 3. The van der Waals surface area contributed by atoms with E-state index in [1.54, 1.807) is 12.1 Å². The van der Waals surface area contributed by atoms with E-state index in [-0.39, 0.29) is 5.69 Å². The first-order valence-corrected chi connectivity index (χ1v) is 5.70. The van der Waals surface area contributed by atoms with Gasteiger partial charge in [-0.2, -0.15) is 0 Å². The van der Waals surface area contributed by atoms with Gasteiger partial charge in [-0.15, -0.1) is 0 Å². The Kier molecular flexibility index (Phi) is 3.14. The molecule has 5 nitrogen and oxygen atoms in total. The molecular weight excluding hydrogens is 240 g/mol. The molecule has 0 saturated carbocycles. The van der Waals surface area contributed by atoms with Crippen LogP contribution in [0.3, 0.4) is 0 Å². The van der Waals surface area contributed by atoms with Gasteiger partial charge in [-0.1, -0.05) is 0 Å². The van der Waals surface area contributed by atoms with Gasteiger partial charge in [0, 0.05) is 6.20 Å². The number of carbonyl (C=O) groups is 1. The van der Waals surface area contributed by atoms with Gasteiger partial charge in [0.1, 0.15) is 5.76 Å². The topological polar surface area (TPSA) is 76.2 Å². The number of pyridine rings is 1. The van der Waals surface area contributed by atoms with Gasteiger partial charge in [0.25, 0.3) is 5.22 Å². The predicted octanol–water partition coefficient (Wildman–Crippen LogP) is 2.54. The van der Waals surface area contributed by atoms with E-state index < -0.39 is 5.97 Å². The van der Waals surface area contributed by atoms with Crippen molar-refractivity contribution in [2.45, 2.75) is 24.0 Å². The van der Waals surface area contributed by atoms with Crippen molar-refractivity contribution in [1.82, 2.24) is 9.97 Å². The van der Waals surface area contributed by atoms with Crippen molar-refractivity contribution < 1.29 is 14.3 Å². The molecule has 0 aliphatic rings. The Balaban J connectivity index is 2.33. The van der Waals surface area contributed by atoms with Crippen LogP contribution in [0, 0.1) is 13.8 Å². The Morgan fingerprint density at radius 2 is 2.24 bits per heavy atom. The van der Waals surface area contributed by atoms with Crippen LogP contribution in [0.4, 0.5) is 0 Å². The highest BCUT2D eigenvalue weighted by molar-refractivity contribution is 7.99. The Hall–Kier alpha value is -1.82. The van der Waals surface area contributed by atoms with Gasteiger partial charge in [0.15, 0.2) is 5.69 Å². The molecule has 2 rings (SSSR count). The molecule has 0 aromatic carbocycles. The molecule has 88 valence electrons. The minimum atomic E-state index is -1.06. The van der Waals surface area contributed by atoms with Crippen molar-refractivity contribution >= 4 is 17.7 Å². The molecule has 2 aromatic heterocycles. The Morgan fingerprint density at radius 1 is 1.47 bits per heavy atom. The molecule has 0 spiro atoms. The molecule has 0 fully saturated rings. The van der Waals surface area contributed by atoms with Gasteiger partial charge in [0.2, 0.25) is 0 Å². The number of nitrogens with zero attached hydrogens (tertiary/aromatic N) is 2. The van der Waals surface area contributed by atoms with E-state index in [9.17, 15) is 4.79 Å². The number of oxazole rings is 1. The van der Waals surface area contributed by atoms with Crippen LogP contribution in [-0.2, 0) is 0 Å². The molecule has 2 heterocycles. The van der Waals surface area contributed by atoms with E-state index >= 15 is 0 Å². The summed E-state index contributed by atoms with van der Waals surface area (Å²) in [6.45, 7) is 3.65. The van der Waals surface area contributed by atoms with E-state index in [0.29, 0.717) is 10.1 Å². The second-order valence-corrected chi connectivity index (χ2v) is 4.37.